The third-order valence-electron chi connectivity index (χ3n) is 12.7. The van der Waals surface area contributed by atoms with Crippen molar-refractivity contribution in [2.24, 2.45) is 5.41 Å². The molecule has 0 fully saturated rings. The van der Waals surface area contributed by atoms with Crippen LogP contribution < -0.4 is 16.2 Å². The maximum absolute atomic E-state index is 5.67. The molecule has 0 saturated heterocycles. The lowest BCUT2D eigenvalue weighted by atomic mass is 9.58. The van der Waals surface area contributed by atoms with Gasteiger partial charge in [0.1, 0.15) is 21.5 Å². The number of benzene rings is 4. The summed E-state index contributed by atoms with van der Waals surface area (Å²) in [6, 6.07) is 24.9. The van der Waals surface area contributed by atoms with Gasteiger partial charge in [-0.3, -0.25) is 4.57 Å². The Labute approximate surface area is 264 Å². The fourth-order valence-corrected chi connectivity index (χ4v) is 9.26. The average Bonchev–Trinajstić information content (AvgIpc) is 3.53. The molecular formula is C39H43B2N3. The van der Waals surface area contributed by atoms with Gasteiger partial charge in [0.2, 0.25) is 0 Å². The second kappa shape index (κ2) is 8.10. The second-order valence-corrected chi connectivity index (χ2v) is 16.3. The predicted octanol–water partition coefficient (Wildman–Crippen LogP) is 6.27. The summed E-state index contributed by atoms with van der Waals surface area (Å²) >= 11 is 0. The monoisotopic (exact) mass is 575 g/mol. The van der Waals surface area contributed by atoms with E-state index >= 15 is 0 Å². The van der Waals surface area contributed by atoms with E-state index < -0.39 is 5.66 Å². The van der Waals surface area contributed by atoms with Crippen molar-refractivity contribution >= 4 is 43.3 Å². The number of hydrogen-bond acceptors (Lipinski definition) is 2. The zero-order valence-corrected chi connectivity index (χ0v) is 28.2. The average molecular weight is 575 g/mol. The van der Waals surface area contributed by atoms with Crippen molar-refractivity contribution in [3.05, 3.63) is 94.5 Å². The highest BCUT2D eigenvalue weighted by Crippen LogP contribution is 2.62. The van der Waals surface area contributed by atoms with Gasteiger partial charge < -0.3 is 5.32 Å². The van der Waals surface area contributed by atoms with Crippen molar-refractivity contribution in [3.8, 4) is 22.5 Å². The van der Waals surface area contributed by atoms with Gasteiger partial charge in [-0.15, -0.1) is 0 Å². The molecule has 1 aliphatic heterocycles. The molecule has 8 rings (SSSR count). The Balaban J connectivity index is 1.59. The minimum absolute atomic E-state index is 0.000994. The van der Waals surface area contributed by atoms with Gasteiger partial charge in [0.15, 0.2) is 5.66 Å². The molecule has 2 heterocycles. The van der Waals surface area contributed by atoms with Crippen molar-refractivity contribution in [3.63, 3.8) is 0 Å². The van der Waals surface area contributed by atoms with Gasteiger partial charge >= 0.3 is 0 Å². The van der Waals surface area contributed by atoms with E-state index in [0.717, 1.165) is 17.0 Å². The van der Waals surface area contributed by atoms with Crippen molar-refractivity contribution in [2.75, 3.05) is 5.32 Å². The van der Waals surface area contributed by atoms with Crippen molar-refractivity contribution < 1.29 is 0 Å². The molecule has 5 heteroatoms. The SMILES string of the molecule is Bc1c2c(c(B)c3c1nc1n3C3(Nc4cc(C(C)(C)C)ccc4-1)c1ccccc1-c1ccccc13)C(C)(C)C(C)(C)C2(C)C. The summed E-state index contributed by atoms with van der Waals surface area (Å²) in [6.07, 6.45) is 0. The van der Waals surface area contributed by atoms with Crippen LogP contribution in [0, 0.1) is 5.41 Å². The Kier molecular flexibility index (Phi) is 5.12. The van der Waals surface area contributed by atoms with Crippen LogP contribution in [0.1, 0.15) is 90.1 Å². The van der Waals surface area contributed by atoms with Crippen LogP contribution >= 0.6 is 0 Å². The zero-order chi connectivity index (χ0) is 31.4. The number of aromatic nitrogens is 2. The highest BCUT2D eigenvalue weighted by Gasteiger charge is 2.59. The summed E-state index contributed by atoms with van der Waals surface area (Å²) in [7, 11) is 4.70. The van der Waals surface area contributed by atoms with Crippen molar-refractivity contribution in [1.29, 1.82) is 0 Å². The van der Waals surface area contributed by atoms with Crippen LogP contribution in [-0.4, -0.2) is 25.2 Å². The first-order chi connectivity index (χ1) is 20.6. The molecule has 0 bridgehead atoms. The number of rotatable bonds is 0. The fraction of sp³-hybridized carbons (Fsp3) is 0.359. The smallest absolute Gasteiger partial charge is 0.170 e. The van der Waals surface area contributed by atoms with E-state index in [1.54, 1.807) is 0 Å². The Morgan fingerprint density at radius 2 is 1.25 bits per heavy atom. The molecule has 0 amide bonds. The van der Waals surface area contributed by atoms with Gasteiger partial charge in [0, 0.05) is 22.4 Å². The van der Waals surface area contributed by atoms with Gasteiger partial charge in [-0.25, -0.2) is 4.98 Å². The van der Waals surface area contributed by atoms with Crippen LogP contribution in [0.4, 0.5) is 5.69 Å². The standard InChI is InChI=1S/C39H43B2N3/c1-35(2,3)21-18-19-24-27(20-21)43-39(25-16-12-10-14-22(25)23-15-11-13-17-26(23)39)44-33-31(41)29-28(30(40)32(33)42-34(24)44)36(4,5)38(8,9)37(29,6)7/h10-20,43H,40-41H2,1-9H3. The zero-order valence-electron chi connectivity index (χ0n) is 28.2. The normalized spacial score (nSPS) is 19.2. The molecule has 0 saturated carbocycles. The second-order valence-electron chi connectivity index (χ2n) is 16.3. The molecule has 3 nitrogen and oxygen atoms in total. The molecule has 3 aliphatic rings. The minimum Gasteiger partial charge on any atom is -0.354 e. The molecule has 44 heavy (non-hydrogen) atoms. The highest BCUT2D eigenvalue weighted by atomic mass is 15.3. The Bertz CT molecular complexity index is 2040. The van der Waals surface area contributed by atoms with Gasteiger partial charge in [-0.1, -0.05) is 128 Å². The van der Waals surface area contributed by atoms with Gasteiger partial charge in [0.05, 0.1) is 11.0 Å². The molecule has 5 aromatic rings. The lowest BCUT2D eigenvalue weighted by Gasteiger charge is -2.45. The number of imidazole rings is 1. The van der Waals surface area contributed by atoms with E-state index in [4.69, 9.17) is 4.98 Å². The number of hydrogen-bond donors (Lipinski definition) is 1. The largest absolute Gasteiger partial charge is 0.354 e. The van der Waals surface area contributed by atoms with E-state index in [-0.39, 0.29) is 21.7 Å². The Morgan fingerprint density at radius 3 is 1.82 bits per heavy atom. The Hall–Kier alpha value is -3.72. The van der Waals surface area contributed by atoms with Crippen LogP contribution in [0.15, 0.2) is 66.7 Å². The molecular weight excluding hydrogens is 532 g/mol. The summed E-state index contributed by atoms with van der Waals surface area (Å²) in [6.45, 7) is 21.6. The molecule has 0 radical (unpaired) electrons. The molecule has 4 aromatic carbocycles. The number of anilines is 1. The lowest BCUT2D eigenvalue weighted by molar-refractivity contribution is 0.125. The summed E-state index contributed by atoms with van der Waals surface area (Å²) in [5, 5.41) is 4.22. The fourth-order valence-electron chi connectivity index (χ4n) is 9.26. The van der Waals surface area contributed by atoms with Gasteiger partial charge in [0.25, 0.3) is 0 Å². The third-order valence-corrected chi connectivity index (χ3v) is 12.7. The molecule has 0 atom stereocenters. The van der Waals surface area contributed by atoms with Crippen LogP contribution in [0.3, 0.4) is 0 Å². The molecule has 220 valence electrons. The lowest BCUT2D eigenvalue weighted by Crippen LogP contribution is -2.46. The first-order valence-corrected chi connectivity index (χ1v) is 16.3. The molecule has 2 aliphatic carbocycles. The van der Waals surface area contributed by atoms with E-state index in [2.05, 4.69) is 155 Å². The third kappa shape index (κ3) is 2.95. The summed E-state index contributed by atoms with van der Waals surface area (Å²) in [4.78, 5) is 5.67. The topological polar surface area (TPSA) is 29.9 Å². The van der Waals surface area contributed by atoms with Crippen LogP contribution in [-0.2, 0) is 21.9 Å². The maximum Gasteiger partial charge on any atom is 0.170 e. The first-order valence-electron chi connectivity index (χ1n) is 16.3. The van der Waals surface area contributed by atoms with Crippen LogP contribution in [0.5, 0.6) is 0 Å². The van der Waals surface area contributed by atoms with Gasteiger partial charge in [-0.05, 0) is 61.6 Å². The van der Waals surface area contributed by atoms with Crippen molar-refractivity contribution in [2.45, 2.75) is 84.2 Å². The van der Waals surface area contributed by atoms with E-state index in [9.17, 15) is 0 Å². The molecule has 1 N–H and O–H groups in total. The van der Waals surface area contributed by atoms with Crippen molar-refractivity contribution in [1.82, 2.24) is 9.55 Å². The quantitative estimate of drug-likeness (QED) is 0.221. The first kappa shape index (κ1) is 27.8. The number of fused-ring (bicyclic) bond motifs is 12. The number of nitrogens with zero attached hydrogens (tertiary/aromatic N) is 2. The predicted molar refractivity (Wildman–Crippen MR) is 192 cm³/mol. The molecule has 1 spiro atoms. The van der Waals surface area contributed by atoms with E-state index in [0.29, 0.717) is 0 Å². The van der Waals surface area contributed by atoms with E-state index in [1.807, 2.05) is 0 Å². The maximum atomic E-state index is 5.67. The molecule has 1 aromatic heterocycles. The van der Waals surface area contributed by atoms with Crippen LogP contribution in [0.25, 0.3) is 33.5 Å². The van der Waals surface area contributed by atoms with Gasteiger partial charge in [-0.2, -0.15) is 0 Å². The number of nitrogens with one attached hydrogen (secondary N) is 1. The van der Waals surface area contributed by atoms with Crippen LogP contribution in [0.2, 0.25) is 0 Å². The molecule has 0 unspecified atom stereocenters. The van der Waals surface area contributed by atoms with E-state index in [1.165, 1.54) is 60.9 Å². The highest BCUT2D eigenvalue weighted by molar-refractivity contribution is 6.46. The summed E-state index contributed by atoms with van der Waals surface area (Å²) < 4.78 is 2.59. The Morgan fingerprint density at radius 1 is 0.705 bits per heavy atom. The summed E-state index contributed by atoms with van der Waals surface area (Å²) in [5.41, 5.74) is 16.3. The minimum atomic E-state index is -0.625. The summed E-state index contributed by atoms with van der Waals surface area (Å²) in [5.74, 6) is 1.05.